The zero-order valence-corrected chi connectivity index (χ0v) is 40.1. The summed E-state index contributed by atoms with van der Waals surface area (Å²) in [4.78, 5) is 92.4. The van der Waals surface area contributed by atoms with Crippen molar-refractivity contribution < 1.29 is 52.5 Å². The summed E-state index contributed by atoms with van der Waals surface area (Å²) in [7, 11) is 2.98. The summed E-state index contributed by atoms with van der Waals surface area (Å²) in [6.45, 7) is 12.4. The maximum absolute atomic E-state index is 13.9. The van der Waals surface area contributed by atoms with E-state index in [1.54, 1.807) is 52.0 Å². The summed E-state index contributed by atoms with van der Waals surface area (Å²) in [5.74, 6) is -3.91. The number of hydrogen-bond donors (Lipinski definition) is 6. The Hall–Kier alpha value is -5.52. The molecule has 0 bridgehead atoms. The Morgan fingerprint density at radius 1 is 0.970 bits per heavy atom. The van der Waals surface area contributed by atoms with E-state index >= 15 is 0 Å². The molecule has 0 spiro atoms. The number of esters is 2. The molecule has 18 heteroatoms. The Morgan fingerprint density at radius 3 is 2.27 bits per heavy atom. The Morgan fingerprint density at radius 2 is 1.65 bits per heavy atom. The lowest BCUT2D eigenvalue weighted by atomic mass is 9.92. The van der Waals surface area contributed by atoms with E-state index in [1.165, 1.54) is 20.2 Å². The molecule has 0 aromatic heterocycles. The third-order valence-electron chi connectivity index (χ3n) is 11.6. The Bertz CT molecular complexity index is 2080. The average molecular weight is 940 g/mol. The second kappa shape index (κ2) is 24.3. The van der Waals surface area contributed by atoms with Crippen molar-refractivity contribution in [2.75, 3.05) is 20.7 Å². The maximum Gasteiger partial charge on any atom is 0.347 e. The SMILES string of the molecule is CNC(=O)CC[C@H](NC(=O)[C@@H](N)C(C)C)C(=O)NCc1ccc([C@H]2O[C@@H]2[C@@H](C)[C@@H]2C/C=C/C(=O)N[C@H](Cc3ccc(OC)c(Cl)c3)C(=O)NCC(C)(C)C(=O)O[C@@H](CC(C)C)C(=O)O2)cc1. The smallest absolute Gasteiger partial charge is 0.347 e. The molecule has 2 aliphatic rings. The summed E-state index contributed by atoms with van der Waals surface area (Å²) >= 11 is 6.36. The van der Waals surface area contributed by atoms with Gasteiger partial charge in [0.05, 0.1) is 29.7 Å². The highest BCUT2D eigenvalue weighted by molar-refractivity contribution is 6.32. The standard InChI is InChI=1S/C48H67ClN6O11/c1-26(2)21-37-46(61)64-35(11-10-12-39(57)54-34(23-30-15-19-36(63-9)32(49)22-30)44(59)53-25-48(6,7)47(62)65-37)28(5)41-42(66-41)31-16-13-29(14-17-31)24-52-43(58)33(18-20-38(56)51-8)55-45(60)40(50)27(3)4/h10,12-17,19,22,26-28,33-35,37,40-42H,11,18,20-21,23-25,50H2,1-9H3,(H,51,56)(H,52,58)(H,53,59)(H,54,57)(H,55,60)/b12-10+/t28-,33-,34+,35-,37-,40-,41+,42+/m0/s1. The lowest BCUT2D eigenvalue weighted by molar-refractivity contribution is -0.179. The first-order valence-corrected chi connectivity index (χ1v) is 22.8. The van der Waals surface area contributed by atoms with Gasteiger partial charge in [-0.3, -0.25) is 28.8 Å². The summed E-state index contributed by atoms with van der Waals surface area (Å²) in [5.41, 5.74) is 7.00. The molecule has 2 aliphatic heterocycles. The largest absolute Gasteiger partial charge is 0.495 e. The van der Waals surface area contributed by atoms with E-state index in [0.717, 1.165) is 11.1 Å². The van der Waals surface area contributed by atoms with Gasteiger partial charge in [-0.15, -0.1) is 0 Å². The van der Waals surface area contributed by atoms with Crippen LogP contribution in [0.2, 0.25) is 5.02 Å². The first kappa shape index (κ1) is 53.1. The fourth-order valence-electron chi connectivity index (χ4n) is 7.20. The normalized spacial score (nSPS) is 23.3. The van der Waals surface area contributed by atoms with Crippen LogP contribution in [0.25, 0.3) is 0 Å². The molecule has 2 aromatic rings. The van der Waals surface area contributed by atoms with Gasteiger partial charge in [-0.2, -0.15) is 0 Å². The number of benzene rings is 2. The Kier molecular flexibility index (Phi) is 19.6. The van der Waals surface area contributed by atoms with Crippen molar-refractivity contribution in [1.29, 1.82) is 0 Å². The van der Waals surface area contributed by atoms with Gasteiger partial charge < -0.3 is 51.3 Å². The Labute approximate surface area is 392 Å². The van der Waals surface area contributed by atoms with Gasteiger partial charge in [-0.25, -0.2) is 4.79 Å². The van der Waals surface area contributed by atoms with Crippen LogP contribution in [-0.4, -0.2) is 98.6 Å². The van der Waals surface area contributed by atoms with E-state index in [0.29, 0.717) is 16.3 Å². The highest BCUT2D eigenvalue weighted by Crippen LogP contribution is 2.45. The molecular weight excluding hydrogens is 872 g/mol. The molecule has 8 atom stereocenters. The van der Waals surface area contributed by atoms with Crippen LogP contribution in [-0.2, 0) is 60.7 Å². The second-order valence-electron chi connectivity index (χ2n) is 18.4. The van der Waals surface area contributed by atoms with Crippen LogP contribution in [0.3, 0.4) is 0 Å². The number of cyclic esters (lactones) is 2. The first-order valence-electron chi connectivity index (χ1n) is 22.4. The van der Waals surface area contributed by atoms with Crippen LogP contribution >= 0.6 is 11.6 Å². The predicted molar refractivity (Wildman–Crippen MR) is 247 cm³/mol. The fourth-order valence-corrected chi connectivity index (χ4v) is 7.48. The van der Waals surface area contributed by atoms with Gasteiger partial charge in [0.25, 0.3) is 0 Å². The number of carbonyl (C=O) groups is 7. The van der Waals surface area contributed by atoms with E-state index in [2.05, 4.69) is 26.6 Å². The van der Waals surface area contributed by atoms with E-state index < -0.39 is 83.3 Å². The monoisotopic (exact) mass is 938 g/mol. The number of epoxide rings is 1. The molecule has 1 fully saturated rings. The molecule has 2 aromatic carbocycles. The molecule has 66 heavy (non-hydrogen) atoms. The van der Waals surface area contributed by atoms with Crippen molar-refractivity contribution >= 4 is 53.1 Å². The number of nitrogens with two attached hydrogens (primary N) is 1. The van der Waals surface area contributed by atoms with Crippen molar-refractivity contribution in [3.05, 3.63) is 76.3 Å². The molecule has 7 N–H and O–H groups in total. The van der Waals surface area contributed by atoms with Gasteiger partial charge >= 0.3 is 11.9 Å². The molecule has 0 unspecified atom stereocenters. The van der Waals surface area contributed by atoms with Crippen molar-refractivity contribution in [3.8, 4) is 5.75 Å². The summed E-state index contributed by atoms with van der Waals surface area (Å²) in [5, 5.41) is 13.9. The number of nitrogens with one attached hydrogen (secondary N) is 5. The van der Waals surface area contributed by atoms with Crippen molar-refractivity contribution in [2.45, 2.75) is 130 Å². The van der Waals surface area contributed by atoms with E-state index in [9.17, 15) is 33.6 Å². The van der Waals surface area contributed by atoms with Gasteiger partial charge in [0.2, 0.25) is 29.5 Å². The molecule has 1 saturated heterocycles. The molecule has 362 valence electrons. The molecular formula is C48H67ClN6O11. The molecule has 17 nitrogen and oxygen atoms in total. The first-order chi connectivity index (χ1) is 31.1. The average Bonchev–Trinajstić information content (AvgIpc) is 4.08. The van der Waals surface area contributed by atoms with Crippen LogP contribution in [0.5, 0.6) is 5.75 Å². The van der Waals surface area contributed by atoms with Crippen LogP contribution in [0.1, 0.15) is 96.9 Å². The van der Waals surface area contributed by atoms with Gasteiger partial charge in [0.15, 0.2) is 6.10 Å². The van der Waals surface area contributed by atoms with Gasteiger partial charge in [0.1, 0.15) is 30.0 Å². The molecule has 2 heterocycles. The molecule has 0 saturated carbocycles. The minimum absolute atomic E-state index is 0.0282. The number of ether oxygens (including phenoxy) is 4. The topological polar surface area (TPSA) is 246 Å². The summed E-state index contributed by atoms with van der Waals surface area (Å²) < 4.78 is 23.4. The number of carbonyl (C=O) groups excluding carboxylic acids is 7. The zero-order chi connectivity index (χ0) is 48.9. The summed E-state index contributed by atoms with van der Waals surface area (Å²) in [6, 6.07) is 9.62. The summed E-state index contributed by atoms with van der Waals surface area (Å²) in [6.07, 6.45) is 0.529. The van der Waals surface area contributed by atoms with E-state index in [4.69, 9.17) is 36.3 Å². The number of methoxy groups -OCH3 is 1. The number of amides is 5. The fraction of sp³-hybridized carbons (Fsp3) is 0.562. The highest BCUT2D eigenvalue weighted by Gasteiger charge is 2.48. The van der Waals surface area contributed by atoms with Crippen LogP contribution in [0, 0.1) is 23.2 Å². The third kappa shape index (κ3) is 15.5. The number of halogens is 1. The minimum Gasteiger partial charge on any atom is -0.495 e. The quantitative estimate of drug-likeness (QED) is 0.0982. The van der Waals surface area contributed by atoms with Crippen LogP contribution in [0.4, 0.5) is 0 Å². The van der Waals surface area contributed by atoms with Crippen molar-refractivity contribution in [3.63, 3.8) is 0 Å². The Balaban J connectivity index is 1.50. The second-order valence-corrected chi connectivity index (χ2v) is 18.8. The van der Waals surface area contributed by atoms with Crippen molar-refractivity contribution in [1.82, 2.24) is 26.6 Å². The van der Waals surface area contributed by atoms with Crippen LogP contribution in [0.15, 0.2) is 54.6 Å². The number of hydrogen-bond acceptors (Lipinski definition) is 12. The van der Waals surface area contributed by atoms with Gasteiger partial charge in [0, 0.05) is 45.3 Å². The van der Waals surface area contributed by atoms with Gasteiger partial charge in [-0.1, -0.05) is 82.6 Å². The maximum atomic E-state index is 13.9. The lowest BCUT2D eigenvalue weighted by Crippen LogP contribution is -2.53. The highest BCUT2D eigenvalue weighted by atomic mass is 35.5. The zero-order valence-electron chi connectivity index (χ0n) is 39.4. The molecule has 0 radical (unpaired) electrons. The molecule has 4 rings (SSSR count). The van der Waals surface area contributed by atoms with E-state index in [1.807, 2.05) is 45.0 Å². The van der Waals surface area contributed by atoms with E-state index in [-0.39, 0.29) is 69.0 Å². The lowest BCUT2D eigenvalue weighted by Gasteiger charge is -2.29. The van der Waals surface area contributed by atoms with Gasteiger partial charge in [-0.05, 0) is 73.4 Å². The third-order valence-corrected chi connectivity index (χ3v) is 11.9. The van der Waals surface area contributed by atoms with Crippen molar-refractivity contribution in [2.24, 2.45) is 28.9 Å². The molecule has 0 aliphatic carbocycles. The minimum atomic E-state index is -1.27. The number of rotatable bonds is 17. The predicted octanol–water partition coefficient (Wildman–Crippen LogP) is 3.73. The molecule has 5 amide bonds. The van der Waals surface area contributed by atoms with Crippen LogP contribution < -0.4 is 37.1 Å².